The molecule has 32 heavy (non-hydrogen) atoms. The zero-order valence-corrected chi connectivity index (χ0v) is 18.4. The zero-order valence-electron chi connectivity index (χ0n) is 18.4. The Bertz CT molecular complexity index is 955. The number of H-pyrrole nitrogens is 2. The van der Waals surface area contributed by atoms with Crippen molar-refractivity contribution >= 4 is 5.91 Å². The van der Waals surface area contributed by atoms with Crippen molar-refractivity contribution in [3.05, 3.63) is 71.8 Å². The largest absolute Gasteiger partial charge is 0.348 e. The molecule has 3 aromatic rings. The van der Waals surface area contributed by atoms with Gasteiger partial charge in [0.25, 0.3) is 5.91 Å². The highest BCUT2D eigenvalue weighted by molar-refractivity contribution is 5.94. The van der Waals surface area contributed by atoms with Crippen LogP contribution in [0, 0.1) is 5.41 Å². The van der Waals surface area contributed by atoms with Crippen molar-refractivity contribution in [2.75, 3.05) is 26.2 Å². The second-order valence-electron chi connectivity index (χ2n) is 9.14. The molecule has 168 valence electrons. The molecule has 2 fully saturated rings. The maximum Gasteiger partial charge on any atom is 0.253 e. The Labute approximate surface area is 188 Å². The number of hydrogen-bond donors (Lipinski definition) is 3. The van der Waals surface area contributed by atoms with Gasteiger partial charge in [0.15, 0.2) is 0 Å². The van der Waals surface area contributed by atoms with Crippen LogP contribution in [0.3, 0.4) is 0 Å². The highest BCUT2D eigenvalue weighted by Crippen LogP contribution is 2.39. The molecule has 8 heteroatoms. The fourth-order valence-electron chi connectivity index (χ4n) is 5.03. The Morgan fingerprint density at radius 3 is 2.19 bits per heavy atom. The monoisotopic (exact) mass is 433 g/mol. The van der Waals surface area contributed by atoms with Gasteiger partial charge in [-0.15, -0.1) is 0 Å². The molecule has 3 N–H and O–H groups in total. The third kappa shape index (κ3) is 4.76. The number of carbonyl (C=O) groups excluding carboxylic acids is 1. The number of aromatic amines is 2. The number of nitrogens with one attached hydrogen (secondary N) is 3. The Kier molecular flexibility index (Phi) is 6.05. The first-order chi connectivity index (χ1) is 15.7. The predicted molar refractivity (Wildman–Crippen MR) is 122 cm³/mol. The third-order valence-electron chi connectivity index (χ3n) is 6.85. The summed E-state index contributed by atoms with van der Waals surface area (Å²) in [5.74, 6) is 2.00. The lowest BCUT2D eigenvalue weighted by atomic mass is 9.78. The highest BCUT2D eigenvalue weighted by Gasteiger charge is 2.40. The van der Waals surface area contributed by atoms with E-state index in [4.69, 9.17) is 0 Å². The molecule has 5 rings (SSSR count). The van der Waals surface area contributed by atoms with Crippen molar-refractivity contribution in [1.82, 2.24) is 35.1 Å². The average Bonchev–Trinajstić information content (AvgIpc) is 3.58. The van der Waals surface area contributed by atoms with Crippen LogP contribution in [0.25, 0.3) is 0 Å². The Hall–Kier alpha value is -2.97. The molecule has 0 saturated carbocycles. The van der Waals surface area contributed by atoms with Crippen molar-refractivity contribution in [3.63, 3.8) is 0 Å². The van der Waals surface area contributed by atoms with E-state index in [-0.39, 0.29) is 5.91 Å². The minimum Gasteiger partial charge on any atom is -0.348 e. The fraction of sp³-hybridized carbons (Fsp3) is 0.458. The number of piperidine rings is 1. The van der Waals surface area contributed by atoms with Crippen LogP contribution in [0.2, 0.25) is 0 Å². The molecule has 2 aliphatic rings. The number of hydrogen-bond acceptors (Lipinski definition) is 5. The molecule has 1 spiro atoms. The molecule has 1 amide bonds. The number of imidazole rings is 2. The topological polar surface area (TPSA) is 92.9 Å². The smallest absolute Gasteiger partial charge is 0.253 e. The van der Waals surface area contributed by atoms with Gasteiger partial charge < -0.3 is 20.2 Å². The lowest BCUT2D eigenvalue weighted by Gasteiger charge is -2.33. The molecule has 2 aromatic heterocycles. The first-order valence-corrected chi connectivity index (χ1v) is 11.5. The second-order valence-corrected chi connectivity index (χ2v) is 9.14. The number of aromatic nitrogens is 4. The van der Waals surface area contributed by atoms with Crippen LogP contribution in [-0.2, 0) is 19.6 Å². The van der Waals surface area contributed by atoms with E-state index in [0.29, 0.717) is 18.5 Å². The van der Waals surface area contributed by atoms with E-state index in [2.05, 4.69) is 47.2 Å². The van der Waals surface area contributed by atoms with Gasteiger partial charge in [-0.05, 0) is 55.5 Å². The maximum atomic E-state index is 13.1. The quantitative estimate of drug-likeness (QED) is 0.533. The normalized spacial score (nSPS) is 18.0. The number of rotatable bonds is 7. The first-order valence-electron chi connectivity index (χ1n) is 11.5. The molecule has 2 saturated heterocycles. The van der Waals surface area contributed by atoms with Crippen molar-refractivity contribution in [2.24, 2.45) is 5.41 Å². The summed E-state index contributed by atoms with van der Waals surface area (Å²) in [7, 11) is 0. The summed E-state index contributed by atoms with van der Waals surface area (Å²) in [6.45, 7) is 6.05. The molecule has 0 unspecified atom stereocenters. The molecule has 4 heterocycles. The van der Waals surface area contributed by atoms with Crippen LogP contribution in [-0.4, -0.2) is 61.8 Å². The Morgan fingerprint density at radius 2 is 1.59 bits per heavy atom. The molecule has 0 atom stereocenters. The summed E-state index contributed by atoms with van der Waals surface area (Å²) in [5.41, 5.74) is 2.28. The summed E-state index contributed by atoms with van der Waals surface area (Å²) in [4.78, 5) is 32.5. The molecule has 1 aromatic carbocycles. The summed E-state index contributed by atoms with van der Waals surface area (Å²) in [6, 6.07) is 8.09. The summed E-state index contributed by atoms with van der Waals surface area (Å²) < 4.78 is 0. The number of carbonyl (C=O) groups is 1. The summed E-state index contributed by atoms with van der Waals surface area (Å²) >= 11 is 0. The standard InChI is InChI=1S/C24H31N7O/c32-23(31-14-7-24(18-31)5-8-25-9-6-24)20-3-1-19(2-4-20)15-30(16-21-26-10-11-27-21)17-22-28-12-13-29-22/h1-4,10-13,25H,5-9,14-18H2,(H,26,27)(H,28,29). The second kappa shape index (κ2) is 9.26. The Morgan fingerprint density at radius 1 is 0.938 bits per heavy atom. The van der Waals surface area contributed by atoms with Crippen molar-refractivity contribution in [2.45, 2.75) is 38.9 Å². The first kappa shape index (κ1) is 20.9. The number of benzene rings is 1. The molecular weight excluding hydrogens is 402 g/mol. The minimum atomic E-state index is 0.162. The van der Waals surface area contributed by atoms with Crippen LogP contribution < -0.4 is 5.32 Å². The van der Waals surface area contributed by atoms with Gasteiger partial charge >= 0.3 is 0 Å². The number of nitrogens with zero attached hydrogens (tertiary/aromatic N) is 4. The van der Waals surface area contributed by atoms with E-state index in [1.807, 2.05) is 24.5 Å². The number of amides is 1. The third-order valence-corrected chi connectivity index (χ3v) is 6.85. The van der Waals surface area contributed by atoms with Gasteiger partial charge in [0.05, 0.1) is 13.1 Å². The number of likely N-dealkylation sites (tertiary alicyclic amines) is 1. The molecule has 8 nitrogen and oxygen atoms in total. The van der Waals surface area contributed by atoms with E-state index < -0.39 is 0 Å². The van der Waals surface area contributed by atoms with Crippen LogP contribution in [0.1, 0.15) is 46.8 Å². The van der Waals surface area contributed by atoms with Crippen molar-refractivity contribution in [1.29, 1.82) is 0 Å². The van der Waals surface area contributed by atoms with Crippen LogP contribution in [0.4, 0.5) is 0 Å². The van der Waals surface area contributed by atoms with Crippen LogP contribution >= 0.6 is 0 Å². The zero-order chi connectivity index (χ0) is 21.8. The average molecular weight is 434 g/mol. The van der Waals surface area contributed by atoms with E-state index in [1.54, 1.807) is 12.4 Å². The lowest BCUT2D eigenvalue weighted by molar-refractivity contribution is 0.0762. The van der Waals surface area contributed by atoms with E-state index >= 15 is 0 Å². The molecule has 0 radical (unpaired) electrons. The highest BCUT2D eigenvalue weighted by atomic mass is 16.2. The van der Waals surface area contributed by atoms with Gasteiger partial charge in [0.2, 0.25) is 0 Å². The van der Waals surface area contributed by atoms with Gasteiger partial charge in [-0.1, -0.05) is 12.1 Å². The van der Waals surface area contributed by atoms with Gasteiger partial charge in [-0.3, -0.25) is 9.69 Å². The van der Waals surface area contributed by atoms with Crippen molar-refractivity contribution < 1.29 is 4.79 Å². The fourth-order valence-corrected chi connectivity index (χ4v) is 5.03. The maximum absolute atomic E-state index is 13.1. The van der Waals surface area contributed by atoms with Gasteiger partial charge in [-0.25, -0.2) is 9.97 Å². The summed E-state index contributed by atoms with van der Waals surface area (Å²) in [5, 5.41) is 3.44. The van der Waals surface area contributed by atoms with Crippen molar-refractivity contribution in [3.8, 4) is 0 Å². The molecular formula is C24H31N7O. The lowest BCUT2D eigenvalue weighted by Crippen LogP contribution is -2.39. The Balaban J connectivity index is 1.23. The van der Waals surface area contributed by atoms with E-state index in [9.17, 15) is 4.79 Å². The molecule has 0 aliphatic carbocycles. The van der Waals surface area contributed by atoms with Gasteiger partial charge in [-0.2, -0.15) is 0 Å². The predicted octanol–water partition coefficient (Wildman–Crippen LogP) is 2.55. The van der Waals surface area contributed by atoms with E-state index in [0.717, 1.165) is 61.9 Å². The minimum absolute atomic E-state index is 0.162. The summed E-state index contributed by atoms with van der Waals surface area (Å²) in [6.07, 6.45) is 10.7. The van der Waals surface area contributed by atoms with Crippen LogP contribution in [0.5, 0.6) is 0 Å². The van der Waals surface area contributed by atoms with Gasteiger partial charge in [0.1, 0.15) is 11.6 Å². The van der Waals surface area contributed by atoms with Crippen LogP contribution in [0.15, 0.2) is 49.1 Å². The molecule has 0 bridgehead atoms. The van der Waals surface area contributed by atoms with E-state index in [1.165, 1.54) is 12.8 Å². The van der Waals surface area contributed by atoms with Gasteiger partial charge in [0, 0.05) is 50.0 Å². The SMILES string of the molecule is O=C(c1ccc(CN(Cc2ncc[nH]2)Cc2ncc[nH]2)cc1)N1CCC2(CCNCC2)C1. The molecule has 2 aliphatic heterocycles.